The van der Waals surface area contributed by atoms with Crippen LogP contribution in [0.2, 0.25) is 10.0 Å². The molecule has 0 amide bonds. The lowest BCUT2D eigenvalue weighted by molar-refractivity contribution is -0.645. The second-order valence-corrected chi connectivity index (χ2v) is 6.61. The highest BCUT2D eigenvalue weighted by Gasteiger charge is 2.07. The first kappa shape index (κ1) is 13.9. The van der Waals surface area contributed by atoms with Crippen molar-refractivity contribution in [1.29, 1.82) is 0 Å². The summed E-state index contributed by atoms with van der Waals surface area (Å²) in [6.45, 7) is 0. The Balaban J connectivity index is 1.95. The molecule has 1 aromatic carbocycles. The highest BCUT2D eigenvalue weighted by atomic mass is 35.5. The maximum Gasteiger partial charge on any atom is 0.261 e. The van der Waals surface area contributed by atoms with E-state index in [4.69, 9.17) is 23.2 Å². The first-order valence-electron chi connectivity index (χ1n) is 5.08. The Morgan fingerprint density at radius 1 is 1.17 bits per heavy atom. The van der Waals surface area contributed by atoms with Gasteiger partial charge >= 0.3 is 0 Å². The molecule has 0 aliphatic rings. The van der Waals surface area contributed by atoms with E-state index in [0.717, 1.165) is 16.0 Å². The Labute approximate surface area is 123 Å². The zero-order valence-corrected chi connectivity index (χ0v) is 12.3. The summed E-state index contributed by atoms with van der Waals surface area (Å²) >= 11 is 11.9. The molecule has 1 heterocycles. The quantitative estimate of drug-likeness (QED) is 0.469. The van der Waals surface area contributed by atoms with Crippen molar-refractivity contribution < 1.29 is 4.73 Å². The number of halogens is 2. The van der Waals surface area contributed by atoms with Gasteiger partial charge in [-0.3, -0.25) is 0 Å². The van der Waals surface area contributed by atoms with Crippen molar-refractivity contribution in [1.82, 2.24) is 0 Å². The molecule has 0 unspecified atom stereocenters. The summed E-state index contributed by atoms with van der Waals surface area (Å²) in [5.41, 5.74) is 1.01. The van der Waals surface area contributed by atoms with E-state index in [-0.39, 0.29) is 0 Å². The van der Waals surface area contributed by atoms with Crippen molar-refractivity contribution in [3.63, 3.8) is 0 Å². The van der Waals surface area contributed by atoms with Crippen LogP contribution in [-0.2, 0) is 5.75 Å². The Morgan fingerprint density at radius 2 is 2.00 bits per heavy atom. The Bertz CT molecular complexity index is 551. The first-order chi connectivity index (χ1) is 8.66. The van der Waals surface area contributed by atoms with E-state index in [0.29, 0.717) is 15.1 Å². The zero-order valence-electron chi connectivity index (χ0n) is 9.18. The Hall–Kier alpha value is -0.550. The van der Waals surface area contributed by atoms with Crippen molar-refractivity contribution in [2.45, 2.75) is 10.8 Å². The lowest BCUT2D eigenvalue weighted by Crippen LogP contribution is -2.27. The van der Waals surface area contributed by atoms with E-state index in [2.05, 4.69) is 0 Å². The topological polar surface area (TPSA) is 26.9 Å². The van der Waals surface area contributed by atoms with Gasteiger partial charge in [0.1, 0.15) is 0 Å². The van der Waals surface area contributed by atoms with Crippen LogP contribution in [-0.4, -0.2) is 0 Å². The molecule has 0 bridgehead atoms. The fraction of sp³-hybridized carbons (Fsp3) is 0.0833. The first-order valence-corrected chi connectivity index (χ1v) is 8.16. The minimum absolute atomic E-state index is 0.627. The predicted molar refractivity (Wildman–Crippen MR) is 79.0 cm³/mol. The van der Waals surface area contributed by atoms with Crippen molar-refractivity contribution in [2.24, 2.45) is 0 Å². The summed E-state index contributed by atoms with van der Waals surface area (Å²) in [5, 5.41) is 13.4. The highest BCUT2D eigenvalue weighted by Crippen LogP contribution is 2.33. The molecule has 94 valence electrons. The minimum atomic E-state index is 0.627. The van der Waals surface area contributed by atoms with Gasteiger partial charge in [-0.1, -0.05) is 40.1 Å². The second kappa shape index (κ2) is 6.57. The fourth-order valence-corrected chi connectivity index (χ4v) is 3.96. The molecule has 0 radical (unpaired) electrons. The summed E-state index contributed by atoms with van der Waals surface area (Å²) < 4.78 is 0.848. The molecule has 2 rings (SSSR count). The van der Waals surface area contributed by atoms with Crippen molar-refractivity contribution >= 4 is 44.8 Å². The van der Waals surface area contributed by atoms with Gasteiger partial charge in [-0.2, -0.15) is 4.73 Å². The molecule has 0 aliphatic carbocycles. The van der Waals surface area contributed by atoms with Crippen LogP contribution in [0, 0.1) is 5.21 Å². The van der Waals surface area contributed by atoms with Crippen LogP contribution in [0.15, 0.2) is 47.6 Å². The van der Waals surface area contributed by atoms with Gasteiger partial charge in [0.2, 0.25) is 0 Å². The molecule has 18 heavy (non-hydrogen) atoms. The Morgan fingerprint density at radius 3 is 2.72 bits per heavy atom. The third-order valence-corrected chi connectivity index (χ3v) is 5.00. The molecule has 6 heteroatoms. The van der Waals surface area contributed by atoms with Gasteiger partial charge in [0.15, 0.2) is 6.20 Å². The standard InChI is InChI=1S/C12H9Cl2NOS2/c13-10-5-4-9(11(14)7-10)8-17-18-12-3-1-2-6-15(12)16/h1-7H,8H2. The minimum Gasteiger partial charge on any atom is -0.618 e. The summed E-state index contributed by atoms with van der Waals surface area (Å²) in [6, 6.07) is 10.8. The maximum absolute atomic E-state index is 11.4. The third-order valence-electron chi connectivity index (χ3n) is 2.16. The van der Waals surface area contributed by atoms with Gasteiger partial charge < -0.3 is 5.21 Å². The molecule has 0 saturated heterocycles. The van der Waals surface area contributed by atoms with E-state index < -0.39 is 0 Å². The van der Waals surface area contributed by atoms with E-state index in [1.807, 2.05) is 18.2 Å². The van der Waals surface area contributed by atoms with E-state index >= 15 is 0 Å². The van der Waals surface area contributed by atoms with Crippen LogP contribution in [0.1, 0.15) is 5.56 Å². The molecule has 0 spiro atoms. The number of hydrogen-bond acceptors (Lipinski definition) is 3. The van der Waals surface area contributed by atoms with Crippen LogP contribution < -0.4 is 4.73 Å². The fourth-order valence-electron chi connectivity index (χ4n) is 1.27. The summed E-state index contributed by atoms with van der Waals surface area (Å²) in [4.78, 5) is 0. The van der Waals surface area contributed by atoms with Crippen molar-refractivity contribution in [2.75, 3.05) is 0 Å². The number of hydrogen-bond donors (Lipinski definition) is 0. The number of rotatable bonds is 4. The number of nitrogens with zero attached hydrogens (tertiary/aromatic N) is 1. The van der Waals surface area contributed by atoms with Gasteiger partial charge in [-0.05, 0) is 23.8 Å². The smallest absolute Gasteiger partial charge is 0.261 e. The monoisotopic (exact) mass is 317 g/mol. The van der Waals surface area contributed by atoms with E-state index in [1.165, 1.54) is 17.0 Å². The second-order valence-electron chi connectivity index (χ2n) is 3.45. The van der Waals surface area contributed by atoms with Gasteiger partial charge in [-0.25, -0.2) is 0 Å². The van der Waals surface area contributed by atoms with E-state index in [9.17, 15) is 5.21 Å². The largest absolute Gasteiger partial charge is 0.618 e. The summed E-state index contributed by atoms with van der Waals surface area (Å²) in [7, 11) is 2.99. The molecule has 0 aliphatic heterocycles. The molecular weight excluding hydrogens is 309 g/mol. The van der Waals surface area contributed by atoms with Crippen LogP contribution in [0.4, 0.5) is 0 Å². The van der Waals surface area contributed by atoms with Crippen LogP contribution in [0.5, 0.6) is 0 Å². The lowest BCUT2D eigenvalue weighted by Gasteiger charge is -2.04. The summed E-state index contributed by atoms with van der Waals surface area (Å²) in [5.74, 6) is 0.718. The van der Waals surface area contributed by atoms with Gasteiger partial charge in [-0.15, -0.1) is 0 Å². The SMILES string of the molecule is [O-][n+]1ccccc1SSCc1ccc(Cl)cc1Cl. The molecule has 0 atom stereocenters. The number of aromatic nitrogens is 1. The van der Waals surface area contributed by atoms with Crippen molar-refractivity contribution in [3.8, 4) is 0 Å². The molecule has 2 nitrogen and oxygen atoms in total. The number of pyridine rings is 1. The number of benzene rings is 1. The summed E-state index contributed by atoms with van der Waals surface area (Å²) in [6.07, 6.45) is 1.48. The normalized spacial score (nSPS) is 10.6. The van der Waals surface area contributed by atoms with Gasteiger partial charge in [0, 0.05) is 38.7 Å². The lowest BCUT2D eigenvalue weighted by atomic mass is 10.2. The molecule has 1 aromatic heterocycles. The van der Waals surface area contributed by atoms with Crippen molar-refractivity contribution in [3.05, 3.63) is 63.4 Å². The van der Waals surface area contributed by atoms with Gasteiger partial charge in [0.25, 0.3) is 5.03 Å². The predicted octanol–water partition coefficient (Wildman–Crippen LogP) is 4.57. The maximum atomic E-state index is 11.4. The average Bonchev–Trinajstić information content (AvgIpc) is 2.34. The average molecular weight is 318 g/mol. The van der Waals surface area contributed by atoms with Gasteiger partial charge in [0.05, 0.1) is 0 Å². The third kappa shape index (κ3) is 3.72. The molecule has 0 N–H and O–H groups in total. The Kier molecular flexibility index (Phi) is 5.06. The molecular formula is C12H9Cl2NOS2. The van der Waals surface area contributed by atoms with Crippen LogP contribution >= 0.6 is 44.8 Å². The molecule has 2 aromatic rings. The van der Waals surface area contributed by atoms with Crippen LogP contribution in [0.3, 0.4) is 0 Å². The molecule has 0 saturated carbocycles. The molecule has 0 fully saturated rings. The van der Waals surface area contributed by atoms with Crippen LogP contribution in [0.25, 0.3) is 0 Å². The van der Waals surface area contributed by atoms with E-state index in [1.54, 1.807) is 29.0 Å². The zero-order chi connectivity index (χ0) is 13.0. The highest BCUT2D eigenvalue weighted by molar-refractivity contribution is 8.76.